The summed E-state index contributed by atoms with van der Waals surface area (Å²) in [6.45, 7) is 5.06. The van der Waals surface area contributed by atoms with Crippen molar-refractivity contribution in [3.8, 4) is 11.4 Å². The van der Waals surface area contributed by atoms with E-state index in [4.69, 9.17) is 10.7 Å². The van der Waals surface area contributed by atoms with E-state index in [-0.39, 0.29) is 0 Å². The second-order valence-corrected chi connectivity index (χ2v) is 5.38. The van der Waals surface area contributed by atoms with E-state index in [1.807, 2.05) is 16.8 Å². The summed E-state index contributed by atoms with van der Waals surface area (Å²) in [7, 11) is 0. The van der Waals surface area contributed by atoms with Gasteiger partial charge in [0, 0.05) is 30.4 Å². The molecule has 3 unspecified atom stereocenters. The fourth-order valence-corrected chi connectivity index (χ4v) is 2.92. The van der Waals surface area contributed by atoms with Crippen molar-refractivity contribution in [1.82, 2.24) is 19.7 Å². The van der Waals surface area contributed by atoms with Crippen molar-refractivity contribution in [2.75, 3.05) is 6.54 Å². The molecule has 5 nitrogen and oxygen atoms in total. The Morgan fingerprint density at radius 2 is 2.26 bits per heavy atom. The Kier molecular flexibility index (Phi) is 3.06. The van der Waals surface area contributed by atoms with E-state index in [0.29, 0.717) is 24.4 Å². The topological polar surface area (TPSA) is 69.6 Å². The smallest absolute Gasteiger partial charge is 0.182 e. The predicted octanol–water partition coefficient (Wildman–Crippen LogP) is 1.98. The van der Waals surface area contributed by atoms with Crippen LogP contribution in [0.4, 0.5) is 0 Å². The van der Waals surface area contributed by atoms with Crippen LogP contribution in [0.2, 0.25) is 0 Å². The maximum absolute atomic E-state index is 5.91. The molecule has 0 amide bonds. The summed E-state index contributed by atoms with van der Waals surface area (Å²) in [4.78, 5) is 8.83. The van der Waals surface area contributed by atoms with Crippen LogP contribution in [0.1, 0.15) is 38.1 Å². The highest BCUT2D eigenvalue weighted by atomic mass is 15.4. The molecule has 2 aromatic heterocycles. The van der Waals surface area contributed by atoms with Gasteiger partial charge in [-0.25, -0.2) is 9.67 Å². The highest BCUT2D eigenvalue weighted by Gasteiger charge is 2.32. The molecule has 2 aromatic rings. The normalized spacial score (nSPS) is 26.2. The second-order valence-electron chi connectivity index (χ2n) is 5.38. The minimum Gasteiger partial charge on any atom is -0.330 e. The maximum Gasteiger partial charge on any atom is 0.182 e. The first-order chi connectivity index (χ1) is 9.20. The van der Waals surface area contributed by atoms with E-state index in [9.17, 15) is 0 Å². The lowest BCUT2D eigenvalue weighted by molar-refractivity contribution is 0.272. The third-order valence-electron chi connectivity index (χ3n) is 3.98. The quantitative estimate of drug-likeness (QED) is 0.893. The van der Waals surface area contributed by atoms with Crippen LogP contribution in [0, 0.1) is 5.92 Å². The minimum atomic E-state index is 0.300. The van der Waals surface area contributed by atoms with Gasteiger partial charge in [0.1, 0.15) is 5.82 Å². The van der Waals surface area contributed by atoms with Crippen LogP contribution < -0.4 is 5.73 Å². The van der Waals surface area contributed by atoms with Crippen LogP contribution in [-0.4, -0.2) is 26.3 Å². The molecule has 0 aromatic carbocycles. The summed E-state index contributed by atoms with van der Waals surface area (Å²) in [6.07, 6.45) is 4.66. The molecule has 0 saturated carbocycles. The van der Waals surface area contributed by atoms with Crippen molar-refractivity contribution >= 4 is 0 Å². The fourth-order valence-electron chi connectivity index (χ4n) is 2.92. The third kappa shape index (κ3) is 2.04. The largest absolute Gasteiger partial charge is 0.330 e. The number of nitrogens with zero attached hydrogens (tertiary/aromatic N) is 4. The average Bonchev–Trinajstić information content (AvgIpc) is 2.85. The summed E-state index contributed by atoms with van der Waals surface area (Å²) < 4.78 is 2.04. The van der Waals surface area contributed by atoms with Gasteiger partial charge in [-0.3, -0.25) is 4.98 Å². The van der Waals surface area contributed by atoms with E-state index >= 15 is 0 Å². The highest BCUT2D eigenvalue weighted by Crippen LogP contribution is 2.36. The van der Waals surface area contributed by atoms with Crippen LogP contribution in [0.5, 0.6) is 0 Å². The van der Waals surface area contributed by atoms with Gasteiger partial charge >= 0.3 is 0 Å². The summed E-state index contributed by atoms with van der Waals surface area (Å²) >= 11 is 0. The SMILES string of the molecule is CC1CC(C)n2nc(-c3cccnc3)nc2C1CN. The molecule has 5 heteroatoms. The van der Waals surface area contributed by atoms with Crippen LogP contribution in [-0.2, 0) is 0 Å². The van der Waals surface area contributed by atoms with Gasteiger partial charge in [0.25, 0.3) is 0 Å². The monoisotopic (exact) mass is 257 g/mol. The minimum absolute atomic E-state index is 0.300. The Hall–Kier alpha value is -1.75. The summed E-state index contributed by atoms with van der Waals surface area (Å²) in [5.41, 5.74) is 6.87. The number of aromatic nitrogens is 4. The fraction of sp³-hybridized carbons (Fsp3) is 0.500. The van der Waals surface area contributed by atoms with E-state index < -0.39 is 0 Å². The van der Waals surface area contributed by atoms with Gasteiger partial charge < -0.3 is 5.73 Å². The lowest BCUT2D eigenvalue weighted by Gasteiger charge is -2.31. The number of pyridine rings is 1. The van der Waals surface area contributed by atoms with Gasteiger partial charge in [-0.15, -0.1) is 0 Å². The molecular formula is C14H19N5. The zero-order chi connectivity index (χ0) is 13.4. The van der Waals surface area contributed by atoms with Gasteiger partial charge in [0.05, 0.1) is 6.04 Å². The van der Waals surface area contributed by atoms with E-state index in [1.165, 1.54) is 0 Å². The average molecular weight is 257 g/mol. The van der Waals surface area contributed by atoms with Crippen LogP contribution in [0.15, 0.2) is 24.5 Å². The molecule has 0 bridgehead atoms. The number of hydrogen-bond donors (Lipinski definition) is 1. The third-order valence-corrected chi connectivity index (χ3v) is 3.98. The molecule has 3 rings (SSSR count). The summed E-state index contributed by atoms with van der Waals surface area (Å²) in [5, 5.41) is 4.64. The molecule has 1 aliphatic heterocycles. The van der Waals surface area contributed by atoms with Crippen molar-refractivity contribution in [3.05, 3.63) is 30.4 Å². The Labute approximate surface area is 112 Å². The summed E-state index contributed by atoms with van der Waals surface area (Å²) in [5.74, 6) is 2.63. The summed E-state index contributed by atoms with van der Waals surface area (Å²) in [6, 6.07) is 4.27. The molecule has 100 valence electrons. The molecule has 0 radical (unpaired) electrons. The zero-order valence-corrected chi connectivity index (χ0v) is 11.3. The molecule has 0 aliphatic carbocycles. The van der Waals surface area contributed by atoms with Crippen molar-refractivity contribution < 1.29 is 0 Å². The Morgan fingerprint density at radius 3 is 2.95 bits per heavy atom. The second kappa shape index (κ2) is 4.74. The molecule has 0 fully saturated rings. The first-order valence-electron chi connectivity index (χ1n) is 6.77. The lowest BCUT2D eigenvalue weighted by atomic mass is 9.85. The van der Waals surface area contributed by atoms with Gasteiger partial charge in [-0.2, -0.15) is 5.10 Å². The Bertz CT molecular complexity index is 562. The molecule has 1 aliphatic rings. The zero-order valence-electron chi connectivity index (χ0n) is 11.3. The van der Waals surface area contributed by atoms with Crippen molar-refractivity contribution in [1.29, 1.82) is 0 Å². The first-order valence-corrected chi connectivity index (χ1v) is 6.77. The number of hydrogen-bond acceptors (Lipinski definition) is 4. The van der Waals surface area contributed by atoms with Crippen LogP contribution in [0.3, 0.4) is 0 Å². The van der Waals surface area contributed by atoms with Gasteiger partial charge in [0.15, 0.2) is 5.82 Å². The highest BCUT2D eigenvalue weighted by molar-refractivity contribution is 5.52. The van der Waals surface area contributed by atoms with Crippen molar-refractivity contribution in [2.24, 2.45) is 11.7 Å². The van der Waals surface area contributed by atoms with Crippen LogP contribution >= 0.6 is 0 Å². The van der Waals surface area contributed by atoms with E-state index in [1.54, 1.807) is 12.4 Å². The van der Waals surface area contributed by atoms with Crippen molar-refractivity contribution in [2.45, 2.75) is 32.2 Å². The molecule has 0 saturated heterocycles. The van der Waals surface area contributed by atoms with E-state index in [2.05, 4.69) is 23.9 Å². The van der Waals surface area contributed by atoms with Gasteiger partial charge in [-0.05, 0) is 31.4 Å². The molecule has 2 N–H and O–H groups in total. The van der Waals surface area contributed by atoms with E-state index in [0.717, 1.165) is 23.6 Å². The Morgan fingerprint density at radius 1 is 1.42 bits per heavy atom. The number of nitrogens with two attached hydrogens (primary N) is 1. The number of rotatable bonds is 2. The van der Waals surface area contributed by atoms with Gasteiger partial charge in [-0.1, -0.05) is 6.92 Å². The molecule has 19 heavy (non-hydrogen) atoms. The maximum atomic E-state index is 5.91. The lowest BCUT2D eigenvalue weighted by Crippen LogP contribution is -2.31. The van der Waals surface area contributed by atoms with Gasteiger partial charge in [0.2, 0.25) is 0 Å². The number of fused-ring (bicyclic) bond motifs is 1. The van der Waals surface area contributed by atoms with Crippen LogP contribution in [0.25, 0.3) is 11.4 Å². The predicted molar refractivity (Wildman–Crippen MR) is 73.5 cm³/mol. The first kappa shape index (κ1) is 12.3. The molecule has 3 heterocycles. The van der Waals surface area contributed by atoms with Crippen molar-refractivity contribution in [3.63, 3.8) is 0 Å². The standard InChI is InChI=1S/C14H19N5/c1-9-6-10(2)19-14(12(9)7-15)17-13(18-19)11-4-3-5-16-8-11/h3-5,8-10,12H,6-7,15H2,1-2H3. The molecule has 3 atom stereocenters. The molecular weight excluding hydrogens is 238 g/mol. The Balaban J connectivity index is 2.06. The molecule has 0 spiro atoms.